The molecule has 1 unspecified atom stereocenters. The van der Waals surface area contributed by atoms with Crippen molar-refractivity contribution in [2.45, 2.75) is 23.5 Å². The maximum Gasteiger partial charge on any atom is 0.310 e. The van der Waals surface area contributed by atoms with E-state index in [1.807, 2.05) is 36.4 Å². The number of aromatic hydroxyl groups is 1. The quantitative estimate of drug-likeness (QED) is 0.820. The van der Waals surface area contributed by atoms with Gasteiger partial charge in [-0.15, -0.1) is 11.8 Å². The summed E-state index contributed by atoms with van der Waals surface area (Å²) in [4.78, 5) is 11.7. The summed E-state index contributed by atoms with van der Waals surface area (Å²) in [5.41, 5.74) is 1.90. The summed E-state index contributed by atoms with van der Waals surface area (Å²) in [5, 5.41) is 18.6. The fourth-order valence-corrected chi connectivity index (χ4v) is 2.69. The second-order valence-corrected chi connectivity index (χ2v) is 5.58. The predicted molar refractivity (Wildman–Crippen MR) is 80.2 cm³/mol. The molecular weight excluding hydrogens is 272 g/mol. The highest BCUT2D eigenvalue weighted by molar-refractivity contribution is 7.98. The summed E-state index contributed by atoms with van der Waals surface area (Å²) in [6.45, 7) is 1.67. The second-order valence-electron chi connectivity index (χ2n) is 4.56. The first-order valence-corrected chi connectivity index (χ1v) is 7.29. The van der Waals surface area contributed by atoms with Crippen LogP contribution in [-0.2, 0) is 10.5 Å². The molecular formula is C16H16O3S. The summed E-state index contributed by atoms with van der Waals surface area (Å²) >= 11 is 1.55. The highest BCUT2D eigenvalue weighted by atomic mass is 32.2. The zero-order valence-corrected chi connectivity index (χ0v) is 11.9. The van der Waals surface area contributed by atoms with Crippen molar-refractivity contribution in [3.63, 3.8) is 0 Å². The average Bonchev–Trinajstić information content (AvgIpc) is 2.46. The molecule has 3 nitrogen and oxygen atoms in total. The molecule has 2 rings (SSSR count). The zero-order chi connectivity index (χ0) is 14.5. The Morgan fingerprint density at radius 2 is 1.80 bits per heavy atom. The molecule has 0 fully saturated rings. The van der Waals surface area contributed by atoms with Crippen LogP contribution in [0.15, 0.2) is 53.4 Å². The Morgan fingerprint density at radius 3 is 2.40 bits per heavy atom. The molecule has 2 N–H and O–H groups in total. The van der Waals surface area contributed by atoms with Crippen LogP contribution in [0, 0.1) is 0 Å². The third-order valence-electron chi connectivity index (χ3n) is 3.11. The number of carbonyl (C=O) groups is 1. The zero-order valence-electron chi connectivity index (χ0n) is 11.1. The number of para-hydroxylation sites is 1. The first kappa shape index (κ1) is 14.5. The van der Waals surface area contributed by atoms with Gasteiger partial charge < -0.3 is 10.2 Å². The van der Waals surface area contributed by atoms with Gasteiger partial charge in [0.2, 0.25) is 0 Å². The SMILES string of the molecule is CC(C(=O)O)c1ccc(CSc2ccccc2O)cc1. The van der Waals surface area contributed by atoms with Crippen LogP contribution in [0.4, 0.5) is 0 Å². The largest absolute Gasteiger partial charge is 0.507 e. The number of phenols is 1. The van der Waals surface area contributed by atoms with Gasteiger partial charge in [0.1, 0.15) is 5.75 Å². The first-order chi connectivity index (χ1) is 9.58. The number of benzene rings is 2. The monoisotopic (exact) mass is 288 g/mol. The van der Waals surface area contributed by atoms with Gasteiger partial charge in [0, 0.05) is 10.6 Å². The van der Waals surface area contributed by atoms with Crippen LogP contribution in [-0.4, -0.2) is 16.2 Å². The van der Waals surface area contributed by atoms with E-state index in [4.69, 9.17) is 5.11 Å². The summed E-state index contributed by atoms with van der Waals surface area (Å²) in [5.74, 6) is -0.288. The van der Waals surface area contributed by atoms with E-state index in [1.165, 1.54) is 0 Å². The van der Waals surface area contributed by atoms with Crippen molar-refractivity contribution >= 4 is 17.7 Å². The highest BCUT2D eigenvalue weighted by Gasteiger charge is 2.13. The first-order valence-electron chi connectivity index (χ1n) is 6.30. The molecule has 0 aliphatic heterocycles. The Hall–Kier alpha value is -1.94. The lowest BCUT2D eigenvalue weighted by atomic mass is 10.0. The van der Waals surface area contributed by atoms with Gasteiger partial charge in [-0.25, -0.2) is 0 Å². The Balaban J connectivity index is 2.01. The second kappa shape index (κ2) is 6.48. The van der Waals surface area contributed by atoms with Crippen LogP contribution in [0.5, 0.6) is 5.75 Å². The molecule has 0 aliphatic rings. The van der Waals surface area contributed by atoms with Gasteiger partial charge >= 0.3 is 5.97 Å². The molecule has 4 heteroatoms. The van der Waals surface area contributed by atoms with Crippen molar-refractivity contribution in [3.8, 4) is 5.75 Å². The maximum absolute atomic E-state index is 10.9. The Labute approximate surface area is 122 Å². The van der Waals surface area contributed by atoms with E-state index in [0.29, 0.717) is 0 Å². The molecule has 0 aromatic heterocycles. The van der Waals surface area contributed by atoms with Gasteiger partial charge in [-0.3, -0.25) is 4.79 Å². The number of thioether (sulfide) groups is 1. The molecule has 0 radical (unpaired) electrons. The molecule has 0 amide bonds. The van der Waals surface area contributed by atoms with Gasteiger partial charge in [0.15, 0.2) is 0 Å². The van der Waals surface area contributed by atoms with Crippen LogP contribution in [0.25, 0.3) is 0 Å². The molecule has 0 heterocycles. The number of phenolic OH excluding ortho intramolecular Hbond substituents is 1. The number of aliphatic carboxylic acids is 1. The van der Waals surface area contributed by atoms with Gasteiger partial charge in [0.05, 0.1) is 5.92 Å². The average molecular weight is 288 g/mol. The van der Waals surface area contributed by atoms with E-state index in [1.54, 1.807) is 30.8 Å². The Bertz CT molecular complexity index is 593. The summed E-state index contributed by atoms with van der Waals surface area (Å²) in [6, 6.07) is 14.8. The molecule has 104 valence electrons. The normalized spacial score (nSPS) is 12.1. The molecule has 20 heavy (non-hydrogen) atoms. The van der Waals surface area contributed by atoms with Crippen LogP contribution in [0.2, 0.25) is 0 Å². The van der Waals surface area contributed by atoms with Crippen molar-refractivity contribution in [1.82, 2.24) is 0 Å². The molecule has 0 aliphatic carbocycles. The summed E-state index contributed by atoms with van der Waals surface area (Å²) < 4.78 is 0. The third-order valence-corrected chi connectivity index (χ3v) is 4.24. The number of hydrogen-bond donors (Lipinski definition) is 2. The van der Waals surface area contributed by atoms with E-state index in [2.05, 4.69) is 0 Å². The highest BCUT2D eigenvalue weighted by Crippen LogP contribution is 2.30. The van der Waals surface area contributed by atoms with Gasteiger partial charge in [0.25, 0.3) is 0 Å². The smallest absolute Gasteiger partial charge is 0.310 e. The fraction of sp³-hybridized carbons (Fsp3) is 0.188. The lowest BCUT2D eigenvalue weighted by molar-refractivity contribution is -0.138. The van der Waals surface area contributed by atoms with Gasteiger partial charge in [-0.1, -0.05) is 36.4 Å². The summed E-state index contributed by atoms with van der Waals surface area (Å²) in [7, 11) is 0. The maximum atomic E-state index is 10.9. The molecule has 0 bridgehead atoms. The van der Waals surface area contributed by atoms with E-state index in [9.17, 15) is 9.90 Å². The number of hydrogen-bond acceptors (Lipinski definition) is 3. The predicted octanol–water partition coefficient (Wildman–Crippen LogP) is 3.87. The number of carboxylic acid groups (broad SMARTS) is 1. The Morgan fingerprint density at radius 1 is 1.15 bits per heavy atom. The molecule has 2 aromatic rings. The van der Waals surface area contributed by atoms with Crippen molar-refractivity contribution in [2.75, 3.05) is 0 Å². The van der Waals surface area contributed by atoms with Crippen LogP contribution in [0.3, 0.4) is 0 Å². The minimum Gasteiger partial charge on any atom is -0.507 e. The van der Waals surface area contributed by atoms with E-state index < -0.39 is 11.9 Å². The van der Waals surface area contributed by atoms with Crippen LogP contribution >= 0.6 is 11.8 Å². The molecule has 2 aromatic carbocycles. The van der Waals surface area contributed by atoms with Crippen molar-refractivity contribution in [2.24, 2.45) is 0 Å². The number of rotatable bonds is 5. The minimum absolute atomic E-state index is 0.286. The van der Waals surface area contributed by atoms with E-state index in [0.717, 1.165) is 21.8 Å². The number of carboxylic acids is 1. The Kier molecular flexibility index (Phi) is 4.69. The van der Waals surface area contributed by atoms with Crippen molar-refractivity contribution < 1.29 is 15.0 Å². The van der Waals surface area contributed by atoms with Crippen LogP contribution < -0.4 is 0 Å². The topological polar surface area (TPSA) is 57.5 Å². The van der Waals surface area contributed by atoms with E-state index >= 15 is 0 Å². The van der Waals surface area contributed by atoms with Crippen LogP contribution in [0.1, 0.15) is 24.0 Å². The lowest BCUT2D eigenvalue weighted by Gasteiger charge is -2.08. The molecule has 1 atom stereocenters. The summed E-state index contributed by atoms with van der Waals surface area (Å²) in [6.07, 6.45) is 0. The fourth-order valence-electron chi connectivity index (χ4n) is 1.79. The van der Waals surface area contributed by atoms with Gasteiger partial charge in [-0.2, -0.15) is 0 Å². The minimum atomic E-state index is -0.818. The van der Waals surface area contributed by atoms with Gasteiger partial charge in [-0.05, 0) is 30.2 Å². The van der Waals surface area contributed by atoms with Crippen molar-refractivity contribution in [1.29, 1.82) is 0 Å². The lowest BCUT2D eigenvalue weighted by Crippen LogP contribution is -2.07. The molecule has 0 spiro atoms. The standard InChI is InChI=1S/C16H16O3S/c1-11(16(18)19)13-8-6-12(7-9-13)10-20-15-5-3-2-4-14(15)17/h2-9,11,17H,10H2,1H3,(H,18,19). The molecule has 0 saturated carbocycles. The molecule has 0 saturated heterocycles. The third kappa shape index (κ3) is 3.54. The van der Waals surface area contributed by atoms with E-state index in [-0.39, 0.29) is 5.75 Å². The van der Waals surface area contributed by atoms with Crippen molar-refractivity contribution in [3.05, 3.63) is 59.7 Å².